The van der Waals surface area contributed by atoms with Crippen LogP contribution in [0.4, 0.5) is 4.79 Å². The average molecular weight is 506 g/mol. The SMILES string of the molecule is CN=C(NCc1ccc(OC)c(C)c1)NCC(C)(C)NC(=O)OC(C)(C)C.I. The molecule has 0 bridgehead atoms. The van der Waals surface area contributed by atoms with Gasteiger partial charge in [0.15, 0.2) is 5.96 Å². The molecule has 1 aromatic rings. The lowest BCUT2D eigenvalue weighted by Gasteiger charge is -2.29. The molecule has 0 spiro atoms. The fourth-order valence-electron chi connectivity index (χ4n) is 2.39. The molecule has 1 aromatic carbocycles. The Labute approximate surface area is 186 Å². The van der Waals surface area contributed by atoms with Gasteiger partial charge < -0.3 is 25.4 Å². The second-order valence-electron chi connectivity index (χ2n) is 8.09. The second kappa shape index (κ2) is 11.3. The molecule has 7 nitrogen and oxygen atoms in total. The van der Waals surface area contributed by atoms with Crippen molar-refractivity contribution in [3.63, 3.8) is 0 Å². The van der Waals surface area contributed by atoms with Crippen molar-refractivity contribution >= 4 is 36.0 Å². The van der Waals surface area contributed by atoms with Crippen molar-refractivity contribution in [3.8, 4) is 5.75 Å². The first-order valence-corrected chi connectivity index (χ1v) is 9.05. The van der Waals surface area contributed by atoms with E-state index in [0.717, 1.165) is 16.9 Å². The first-order chi connectivity index (χ1) is 12.5. The van der Waals surface area contributed by atoms with Gasteiger partial charge in [0.05, 0.1) is 12.6 Å². The summed E-state index contributed by atoms with van der Waals surface area (Å²) < 4.78 is 10.6. The minimum absolute atomic E-state index is 0. The monoisotopic (exact) mass is 506 g/mol. The highest BCUT2D eigenvalue weighted by molar-refractivity contribution is 14.0. The molecule has 8 heteroatoms. The molecule has 1 amide bonds. The Kier molecular flexibility index (Phi) is 10.6. The first kappa shape index (κ1) is 26.3. The fraction of sp³-hybridized carbons (Fsp3) is 0.600. The number of amides is 1. The normalized spacial score (nSPS) is 11.9. The van der Waals surface area contributed by atoms with Crippen LogP contribution in [0.2, 0.25) is 0 Å². The molecular weight excluding hydrogens is 471 g/mol. The standard InChI is InChI=1S/C20H34N4O3.HI/c1-14-11-15(9-10-16(14)26-8)12-22-17(21-7)23-13-20(5,6)24-18(25)27-19(2,3)4;/h9-11H,12-13H2,1-8H3,(H,24,25)(H2,21,22,23);1H. The summed E-state index contributed by atoms with van der Waals surface area (Å²) in [4.78, 5) is 16.2. The van der Waals surface area contributed by atoms with E-state index in [1.165, 1.54) is 0 Å². The summed E-state index contributed by atoms with van der Waals surface area (Å²) in [5, 5.41) is 9.36. The Bertz CT molecular complexity index is 670. The molecule has 0 saturated carbocycles. The highest BCUT2D eigenvalue weighted by Gasteiger charge is 2.24. The molecule has 28 heavy (non-hydrogen) atoms. The van der Waals surface area contributed by atoms with Crippen molar-refractivity contribution in [3.05, 3.63) is 29.3 Å². The Morgan fingerprint density at radius 3 is 2.29 bits per heavy atom. The number of aryl methyl sites for hydroxylation is 1. The fourth-order valence-corrected chi connectivity index (χ4v) is 2.39. The third-order valence-electron chi connectivity index (χ3n) is 3.68. The van der Waals surface area contributed by atoms with Gasteiger partial charge >= 0.3 is 6.09 Å². The van der Waals surface area contributed by atoms with Crippen molar-refractivity contribution in [2.75, 3.05) is 20.7 Å². The molecule has 3 N–H and O–H groups in total. The number of alkyl carbamates (subject to hydrolysis) is 1. The lowest BCUT2D eigenvalue weighted by Crippen LogP contribution is -2.54. The molecule has 0 aromatic heterocycles. The van der Waals surface area contributed by atoms with Crippen molar-refractivity contribution in [1.82, 2.24) is 16.0 Å². The zero-order valence-corrected chi connectivity index (χ0v) is 20.6. The number of nitrogens with zero attached hydrogens (tertiary/aromatic N) is 1. The summed E-state index contributed by atoms with van der Waals surface area (Å²) in [6, 6.07) is 6.05. The van der Waals surface area contributed by atoms with E-state index < -0.39 is 17.2 Å². The molecule has 1 rings (SSSR count). The van der Waals surface area contributed by atoms with Gasteiger partial charge in [-0.15, -0.1) is 24.0 Å². The van der Waals surface area contributed by atoms with Gasteiger partial charge in [0.25, 0.3) is 0 Å². The van der Waals surface area contributed by atoms with Crippen molar-refractivity contribution in [2.24, 2.45) is 4.99 Å². The van der Waals surface area contributed by atoms with Crippen molar-refractivity contribution < 1.29 is 14.3 Å². The van der Waals surface area contributed by atoms with Gasteiger partial charge in [0, 0.05) is 20.1 Å². The van der Waals surface area contributed by atoms with Crippen LogP contribution in [0.5, 0.6) is 5.75 Å². The highest BCUT2D eigenvalue weighted by atomic mass is 127. The summed E-state index contributed by atoms with van der Waals surface area (Å²) in [7, 11) is 3.38. The number of hydrogen-bond acceptors (Lipinski definition) is 4. The van der Waals surface area contributed by atoms with E-state index in [0.29, 0.717) is 19.0 Å². The minimum atomic E-state index is -0.526. The molecule has 0 aliphatic rings. The zero-order chi connectivity index (χ0) is 20.7. The summed E-state index contributed by atoms with van der Waals surface area (Å²) in [6.45, 7) is 12.5. The number of benzene rings is 1. The topological polar surface area (TPSA) is 84.0 Å². The number of carbonyl (C=O) groups excluding carboxylic acids is 1. The average Bonchev–Trinajstić information content (AvgIpc) is 2.52. The summed E-state index contributed by atoms with van der Waals surface area (Å²) in [6.07, 6.45) is -0.439. The van der Waals surface area contributed by atoms with Crippen molar-refractivity contribution in [2.45, 2.75) is 59.2 Å². The van der Waals surface area contributed by atoms with Crippen LogP contribution in [0.25, 0.3) is 0 Å². The van der Waals surface area contributed by atoms with Crippen LogP contribution in [0.3, 0.4) is 0 Å². The predicted molar refractivity (Wildman–Crippen MR) is 125 cm³/mol. The molecule has 0 aliphatic heterocycles. The van der Waals surface area contributed by atoms with Gasteiger partial charge in [0.2, 0.25) is 0 Å². The summed E-state index contributed by atoms with van der Waals surface area (Å²) >= 11 is 0. The first-order valence-electron chi connectivity index (χ1n) is 9.05. The number of halogens is 1. The van der Waals surface area contributed by atoms with E-state index in [1.54, 1.807) is 14.2 Å². The number of carbonyl (C=O) groups is 1. The largest absolute Gasteiger partial charge is 0.496 e. The van der Waals surface area contributed by atoms with Gasteiger partial charge in [0.1, 0.15) is 11.4 Å². The van der Waals surface area contributed by atoms with Crippen LogP contribution in [-0.4, -0.2) is 43.9 Å². The van der Waals surface area contributed by atoms with E-state index in [2.05, 4.69) is 27.0 Å². The van der Waals surface area contributed by atoms with Crippen LogP contribution in [0.15, 0.2) is 23.2 Å². The molecule has 0 saturated heterocycles. The molecular formula is C20H35IN4O3. The third kappa shape index (κ3) is 10.0. The number of methoxy groups -OCH3 is 1. The molecule has 160 valence electrons. The van der Waals surface area contributed by atoms with E-state index >= 15 is 0 Å². The number of hydrogen-bond donors (Lipinski definition) is 3. The van der Waals surface area contributed by atoms with E-state index in [4.69, 9.17) is 9.47 Å². The van der Waals surface area contributed by atoms with Crippen LogP contribution in [0, 0.1) is 6.92 Å². The quantitative estimate of drug-likeness (QED) is 0.312. The predicted octanol–water partition coefficient (Wildman–Crippen LogP) is 3.59. The Hall–Kier alpha value is -1.71. The molecule has 0 unspecified atom stereocenters. The van der Waals surface area contributed by atoms with Gasteiger partial charge in [-0.2, -0.15) is 0 Å². The van der Waals surface area contributed by atoms with Crippen molar-refractivity contribution in [1.29, 1.82) is 0 Å². The summed E-state index contributed by atoms with van der Waals surface area (Å²) in [5.74, 6) is 1.53. The molecule has 0 fully saturated rings. The van der Waals surface area contributed by atoms with Crippen LogP contribution < -0.4 is 20.7 Å². The Morgan fingerprint density at radius 1 is 1.14 bits per heavy atom. The Morgan fingerprint density at radius 2 is 1.79 bits per heavy atom. The van der Waals surface area contributed by atoms with Gasteiger partial charge in [-0.3, -0.25) is 4.99 Å². The molecule has 0 atom stereocenters. The number of nitrogens with one attached hydrogen (secondary N) is 3. The van der Waals surface area contributed by atoms with Crippen LogP contribution >= 0.6 is 24.0 Å². The van der Waals surface area contributed by atoms with Crippen LogP contribution in [-0.2, 0) is 11.3 Å². The maximum atomic E-state index is 12.0. The van der Waals surface area contributed by atoms with E-state index in [1.807, 2.05) is 53.7 Å². The zero-order valence-electron chi connectivity index (χ0n) is 18.2. The third-order valence-corrected chi connectivity index (χ3v) is 3.68. The van der Waals surface area contributed by atoms with Gasteiger partial charge in [-0.1, -0.05) is 12.1 Å². The Balaban J connectivity index is 0.00000729. The minimum Gasteiger partial charge on any atom is -0.496 e. The van der Waals surface area contributed by atoms with Gasteiger partial charge in [-0.25, -0.2) is 4.79 Å². The number of aliphatic imine (C=N–C) groups is 1. The lowest BCUT2D eigenvalue weighted by molar-refractivity contribution is 0.0474. The maximum Gasteiger partial charge on any atom is 0.408 e. The summed E-state index contributed by atoms with van der Waals surface area (Å²) in [5.41, 5.74) is 1.18. The molecule has 0 heterocycles. The lowest BCUT2D eigenvalue weighted by atomic mass is 10.1. The van der Waals surface area contributed by atoms with E-state index in [-0.39, 0.29) is 24.0 Å². The maximum absolute atomic E-state index is 12.0. The molecule has 0 radical (unpaired) electrons. The second-order valence-corrected chi connectivity index (χ2v) is 8.09. The van der Waals surface area contributed by atoms with Gasteiger partial charge in [-0.05, 0) is 58.7 Å². The van der Waals surface area contributed by atoms with E-state index in [9.17, 15) is 4.79 Å². The highest BCUT2D eigenvalue weighted by Crippen LogP contribution is 2.18. The van der Waals surface area contributed by atoms with Crippen LogP contribution in [0.1, 0.15) is 45.7 Å². The molecule has 0 aliphatic carbocycles. The number of guanidine groups is 1. The number of rotatable bonds is 6. The smallest absolute Gasteiger partial charge is 0.408 e. The number of ether oxygens (including phenoxy) is 2.